The second-order valence-electron chi connectivity index (χ2n) is 5.69. The molecule has 2 atom stereocenters. The van der Waals surface area contributed by atoms with E-state index in [4.69, 9.17) is 4.42 Å². The van der Waals surface area contributed by atoms with Crippen molar-refractivity contribution in [1.82, 2.24) is 4.90 Å². The predicted octanol–water partition coefficient (Wildman–Crippen LogP) is 4.78. The number of alkyl halides is 1. The summed E-state index contributed by atoms with van der Waals surface area (Å²) >= 11 is 2.54. The first-order valence-corrected chi connectivity index (χ1v) is 9.21. The molecule has 2 aromatic rings. The van der Waals surface area contributed by atoms with Gasteiger partial charge < -0.3 is 4.42 Å². The first kappa shape index (κ1) is 17.5. The van der Waals surface area contributed by atoms with E-state index in [0.29, 0.717) is 15.5 Å². The fourth-order valence-corrected chi connectivity index (χ4v) is 3.89. The average molecular weight is 413 g/mol. The quantitative estimate of drug-likeness (QED) is 0.284. The minimum atomic E-state index is -0.286. The summed E-state index contributed by atoms with van der Waals surface area (Å²) in [5.41, 5.74) is 1.64. The average Bonchev–Trinajstić information content (AvgIpc) is 2.53. The number of hydrogen-bond acceptors (Lipinski definition) is 3. The van der Waals surface area contributed by atoms with Crippen LogP contribution >= 0.6 is 22.6 Å². The molecule has 1 aromatic heterocycles. The van der Waals surface area contributed by atoms with Crippen LogP contribution in [0.3, 0.4) is 0 Å². The maximum atomic E-state index is 11.3. The lowest BCUT2D eigenvalue weighted by molar-refractivity contribution is 0.280. The molecule has 0 bridgehead atoms. The summed E-state index contributed by atoms with van der Waals surface area (Å²) in [7, 11) is 0. The molecule has 0 saturated carbocycles. The second kappa shape index (κ2) is 8.11. The summed E-state index contributed by atoms with van der Waals surface area (Å²) in [6.07, 6.45) is 2.30. The Morgan fingerprint density at radius 1 is 1.14 bits per heavy atom. The van der Waals surface area contributed by atoms with Crippen LogP contribution in [0.5, 0.6) is 0 Å². The van der Waals surface area contributed by atoms with E-state index in [1.165, 1.54) is 18.1 Å². The number of nitrogens with zero attached hydrogens (tertiary/aromatic N) is 1. The molecule has 0 saturated heterocycles. The molecule has 4 heteroatoms. The summed E-state index contributed by atoms with van der Waals surface area (Å²) in [5, 5.41) is 0.977. The molecule has 1 heterocycles. The summed E-state index contributed by atoms with van der Waals surface area (Å²) in [5.74, 6) is 0.461. The molecule has 0 unspecified atom stereocenters. The van der Waals surface area contributed by atoms with Crippen LogP contribution in [0.1, 0.15) is 45.1 Å². The molecule has 3 nitrogen and oxygen atoms in total. The minimum Gasteiger partial charge on any atom is -0.423 e. The molecule has 0 spiro atoms. The van der Waals surface area contributed by atoms with E-state index in [1.54, 1.807) is 0 Å². The van der Waals surface area contributed by atoms with Gasteiger partial charge in [0.15, 0.2) is 0 Å². The highest BCUT2D eigenvalue weighted by Crippen LogP contribution is 2.27. The van der Waals surface area contributed by atoms with E-state index < -0.39 is 0 Å². The van der Waals surface area contributed by atoms with E-state index in [1.807, 2.05) is 18.2 Å². The molecule has 0 N–H and O–H groups in total. The molecule has 0 aliphatic carbocycles. The largest absolute Gasteiger partial charge is 0.423 e. The second-order valence-corrected chi connectivity index (χ2v) is 7.12. The third kappa shape index (κ3) is 4.32. The van der Waals surface area contributed by atoms with Crippen LogP contribution in [-0.2, 0) is 0 Å². The highest BCUT2D eigenvalue weighted by atomic mass is 127. The Morgan fingerprint density at radius 3 is 2.50 bits per heavy atom. The Kier molecular flexibility index (Phi) is 6.44. The zero-order valence-electron chi connectivity index (χ0n) is 13.5. The molecule has 0 amide bonds. The van der Waals surface area contributed by atoms with Gasteiger partial charge in [0.25, 0.3) is 0 Å². The number of halogens is 1. The SMILES string of the molecule is CCN(CC)[C@@H](I)CC[C@@H](C)c1ccc2ccc(=O)oc2c1. The van der Waals surface area contributed by atoms with Crippen molar-refractivity contribution in [3.63, 3.8) is 0 Å². The van der Waals surface area contributed by atoms with Gasteiger partial charge in [-0.05, 0) is 49.5 Å². The Labute approximate surface area is 145 Å². The Bertz CT molecular complexity index is 663. The van der Waals surface area contributed by atoms with Crippen LogP contribution in [0.25, 0.3) is 11.0 Å². The zero-order chi connectivity index (χ0) is 16.1. The van der Waals surface area contributed by atoms with Gasteiger partial charge in [-0.1, -0.05) is 55.5 Å². The molecular weight excluding hydrogens is 389 g/mol. The fourth-order valence-electron chi connectivity index (χ4n) is 2.74. The Morgan fingerprint density at radius 2 is 1.82 bits per heavy atom. The van der Waals surface area contributed by atoms with Gasteiger partial charge in [-0.25, -0.2) is 4.79 Å². The van der Waals surface area contributed by atoms with Gasteiger partial charge in [0.1, 0.15) is 5.58 Å². The predicted molar refractivity (Wildman–Crippen MR) is 101 cm³/mol. The molecule has 0 radical (unpaired) electrons. The first-order chi connectivity index (χ1) is 10.5. The van der Waals surface area contributed by atoms with Crippen LogP contribution in [0.2, 0.25) is 0 Å². The number of benzene rings is 1. The summed E-state index contributed by atoms with van der Waals surface area (Å²) < 4.78 is 5.86. The molecule has 120 valence electrons. The van der Waals surface area contributed by atoms with Gasteiger partial charge in [0.2, 0.25) is 0 Å². The van der Waals surface area contributed by atoms with Crippen molar-refractivity contribution in [3.05, 3.63) is 46.3 Å². The summed E-state index contributed by atoms with van der Waals surface area (Å²) in [6.45, 7) is 8.86. The topological polar surface area (TPSA) is 33.5 Å². The minimum absolute atomic E-state index is 0.286. The maximum Gasteiger partial charge on any atom is 0.336 e. The standard InChI is InChI=1S/C18H24INO2/c1-4-20(5-2)17(19)10-6-13(3)15-8-7-14-9-11-18(21)22-16(14)12-15/h7-9,11-13,17H,4-6,10H2,1-3H3/t13-,17-/m1/s1. The van der Waals surface area contributed by atoms with Crippen LogP contribution in [0.15, 0.2) is 39.5 Å². The summed E-state index contributed by atoms with van der Waals surface area (Å²) in [4.78, 5) is 13.8. The van der Waals surface area contributed by atoms with Gasteiger partial charge in [0, 0.05) is 11.5 Å². The highest BCUT2D eigenvalue weighted by molar-refractivity contribution is 14.1. The van der Waals surface area contributed by atoms with E-state index in [0.717, 1.165) is 24.9 Å². The molecular formula is C18H24INO2. The number of rotatable bonds is 7. The highest BCUT2D eigenvalue weighted by Gasteiger charge is 2.14. The molecule has 1 aromatic carbocycles. The van der Waals surface area contributed by atoms with Crippen LogP contribution in [0.4, 0.5) is 0 Å². The van der Waals surface area contributed by atoms with E-state index in [2.05, 4.69) is 54.3 Å². The van der Waals surface area contributed by atoms with Crippen LogP contribution < -0.4 is 5.63 Å². The Balaban J connectivity index is 2.06. The maximum absolute atomic E-state index is 11.3. The normalized spacial score (nSPS) is 14.4. The van der Waals surface area contributed by atoms with E-state index in [9.17, 15) is 4.79 Å². The van der Waals surface area contributed by atoms with Crippen LogP contribution in [-0.4, -0.2) is 22.0 Å². The molecule has 0 aliphatic rings. The number of fused-ring (bicyclic) bond motifs is 1. The van der Waals surface area contributed by atoms with Gasteiger partial charge in [-0.3, -0.25) is 4.90 Å². The van der Waals surface area contributed by atoms with Crippen molar-refractivity contribution >= 4 is 33.6 Å². The van der Waals surface area contributed by atoms with Gasteiger partial charge in [0.05, 0.1) is 4.05 Å². The van der Waals surface area contributed by atoms with Gasteiger partial charge in [-0.2, -0.15) is 0 Å². The lowest BCUT2D eigenvalue weighted by Gasteiger charge is -2.25. The van der Waals surface area contributed by atoms with E-state index >= 15 is 0 Å². The van der Waals surface area contributed by atoms with Crippen molar-refractivity contribution in [2.24, 2.45) is 0 Å². The molecule has 0 fully saturated rings. The molecule has 2 rings (SSSR count). The lowest BCUT2D eigenvalue weighted by atomic mass is 9.95. The zero-order valence-corrected chi connectivity index (χ0v) is 15.7. The Hall–Kier alpha value is -0.880. The smallest absolute Gasteiger partial charge is 0.336 e. The number of hydrogen-bond donors (Lipinski definition) is 0. The van der Waals surface area contributed by atoms with Crippen molar-refractivity contribution in [3.8, 4) is 0 Å². The fraction of sp³-hybridized carbons (Fsp3) is 0.500. The van der Waals surface area contributed by atoms with E-state index in [-0.39, 0.29) is 5.63 Å². The molecule has 0 aliphatic heterocycles. The first-order valence-electron chi connectivity index (χ1n) is 7.97. The third-order valence-corrected chi connectivity index (χ3v) is 5.67. The van der Waals surface area contributed by atoms with Gasteiger partial charge in [-0.15, -0.1) is 0 Å². The molecule has 22 heavy (non-hydrogen) atoms. The van der Waals surface area contributed by atoms with Crippen molar-refractivity contribution in [2.45, 2.75) is 43.6 Å². The monoisotopic (exact) mass is 413 g/mol. The van der Waals surface area contributed by atoms with Crippen molar-refractivity contribution in [1.29, 1.82) is 0 Å². The lowest BCUT2D eigenvalue weighted by Crippen LogP contribution is -2.30. The van der Waals surface area contributed by atoms with Crippen molar-refractivity contribution in [2.75, 3.05) is 13.1 Å². The van der Waals surface area contributed by atoms with Crippen LogP contribution in [0, 0.1) is 0 Å². The van der Waals surface area contributed by atoms with Gasteiger partial charge >= 0.3 is 5.63 Å². The van der Waals surface area contributed by atoms with Crippen molar-refractivity contribution < 1.29 is 4.42 Å². The third-order valence-electron chi connectivity index (χ3n) is 4.26. The summed E-state index contributed by atoms with van der Waals surface area (Å²) in [6, 6.07) is 9.48.